The van der Waals surface area contributed by atoms with Gasteiger partial charge in [0, 0.05) is 23.3 Å². The highest BCUT2D eigenvalue weighted by molar-refractivity contribution is 7.76. The lowest BCUT2D eigenvalue weighted by atomic mass is 9.90. The third-order valence-corrected chi connectivity index (χ3v) is 17.7. The predicted molar refractivity (Wildman–Crippen MR) is 196 cm³/mol. The Morgan fingerprint density at radius 1 is 0.717 bits per heavy atom. The number of hydrogen-bond acceptors (Lipinski definition) is 2. The maximum Gasteiger partial charge on any atom is 0.261 e. The molecule has 0 spiro atoms. The molecule has 0 heterocycles. The Balaban J connectivity index is 1.30. The summed E-state index contributed by atoms with van der Waals surface area (Å²) in [6.45, 7) is 10.1. The van der Waals surface area contributed by atoms with Crippen LogP contribution in [0.15, 0.2) is 152 Å². The molecule has 0 bridgehead atoms. The summed E-state index contributed by atoms with van der Waals surface area (Å²) in [7, 11) is -5.77. The van der Waals surface area contributed by atoms with E-state index in [4.69, 9.17) is 4.43 Å². The smallest absolute Gasteiger partial charge is 0.261 e. The largest absolute Gasteiger partial charge is 0.407 e. The van der Waals surface area contributed by atoms with Gasteiger partial charge in [-0.05, 0) is 69.4 Å². The van der Waals surface area contributed by atoms with E-state index >= 15 is 4.57 Å². The van der Waals surface area contributed by atoms with Gasteiger partial charge in [-0.3, -0.25) is 9.65 Å². The summed E-state index contributed by atoms with van der Waals surface area (Å²) in [5, 5.41) is 8.04. The molecule has 1 saturated carbocycles. The molecule has 0 amide bonds. The van der Waals surface area contributed by atoms with Crippen molar-refractivity contribution >= 4 is 36.6 Å². The Morgan fingerprint density at radius 3 is 1.57 bits per heavy atom. The molecule has 1 fully saturated rings. The Hall–Kier alpha value is -3.53. The van der Waals surface area contributed by atoms with Crippen LogP contribution < -0.4 is 26.1 Å². The van der Waals surface area contributed by atoms with E-state index in [-0.39, 0.29) is 16.5 Å². The van der Waals surface area contributed by atoms with Crippen LogP contribution in [0.3, 0.4) is 0 Å². The molecule has 5 heteroatoms. The van der Waals surface area contributed by atoms with Crippen LogP contribution in [0.1, 0.15) is 52.1 Å². The van der Waals surface area contributed by atoms with Crippen molar-refractivity contribution in [3.05, 3.63) is 157 Å². The molecule has 1 aliphatic carbocycles. The summed E-state index contributed by atoms with van der Waals surface area (Å²) in [6.07, 6.45) is 2.00. The Labute approximate surface area is 276 Å². The van der Waals surface area contributed by atoms with Crippen LogP contribution in [0.5, 0.6) is 0 Å². The van der Waals surface area contributed by atoms with E-state index in [2.05, 4.69) is 124 Å². The highest BCUT2D eigenvalue weighted by Gasteiger charge is 2.57. The second-order valence-corrected chi connectivity index (χ2v) is 20.8. The molecule has 236 valence electrons. The van der Waals surface area contributed by atoms with E-state index in [0.29, 0.717) is 12.5 Å². The van der Waals surface area contributed by atoms with Crippen molar-refractivity contribution in [2.24, 2.45) is 11.3 Å². The lowest BCUT2D eigenvalue weighted by Gasteiger charge is -2.43. The fraction of sp³-hybridized carbons (Fsp3) is 0.268. The van der Waals surface area contributed by atoms with Crippen molar-refractivity contribution in [3.8, 4) is 0 Å². The molecule has 6 rings (SSSR count). The summed E-state index contributed by atoms with van der Waals surface area (Å²) in [5.74, 6) is 0.434. The minimum Gasteiger partial charge on any atom is -0.407 e. The van der Waals surface area contributed by atoms with E-state index in [1.165, 1.54) is 15.9 Å². The molecular weight excluding hydrogens is 598 g/mol. The zero-order chi connectivity index (χ0) is 32.3. The van der Waals surface area contributed by atoms with Crippen LogP contribution in [0.4, 0.5) is 0 Å². The lowest BCUT2D eigenvalue weighted by molar-refractivity contribution is 0.266. The Kier molecular flexibility index (Phi) is 9.37. The van der Waals surface area contributed by atoms with Crippen LogP contribution >= 0.6 is 7.29 Å². The summed E-state index contributed by atoms with van der Waals surface area (Å²) >= 11 is 0. The zero-order valence-corrected chi connectivity index (χ0v) is 29.4. The normalized spacial score (nSPS) is 19.0. The first-order valence-corrected chi connectivity index (χ1v) is 20.1. The van der Waals surface area contributed by atoms with Gasteiger partial charge in [0.1, 0.15) is 0 Å². The highest BCUT2D eigenvalue weighted by atomic mass is 31.2. The fourth-order valence-corrected chi connectivity index (χ4v) is 14.5. The standard InChI is InChI=1S/C41H46NO2PSi/c1-40(2,3)46(37-26-16-8-17-27-37,38-28-18-9-19-29-38)44-31-30-34-32-41(34,4)39(33-20-10-5-11-21-33)42-45(43,35-22-12-6-13-23-35)36-24-14-7-15-25-36/h5-29,34,39H,30-32H2,1-4H3,(H,42,43)/t34-,39+,41-/m1/s1. The predicted octanol–water partition coefficient (Wildman–Crippen LogP) is 8.24. The molecule has 5 aromatic carbocycles. The average molecular weight is 644 g/mol. The van der Waals surface area contributed by atoms with Crippen LogP contribution in [0, 0.1) is 11.3 Å². The Bertz CT molecular complexity index is 1660. The van der Waals surface area contributed by atoms with E-state index < -0.39 is 15.6 Å². The van der Waals surface area contributed by atoms with Crippen molar-refractivity contribution in [2.75, 3.05) is 6.61 Å². The third kappa shape index (κ3) is 6.24. The molecule has 0 aliphatic heterocycles. The Morgan fingerprint density at radius 2 is 1.13 bits per heavy atom. The topological polar surface area (TPSA) is 38.3 Å². The van der Waals surface area contributed by atoms with Crippen molar-refractivity contribution in [3.63, 3.8) is 0 Å². The summed E-state index contributed by atoms with van der Waals surface area (Å²) in [6, 6.07) is 52.1. The second-order valence-electron chi connectivity index (χ2n) is 14.0. The first-order valence-electron chi connectivity index (χ1n) is 16.5. The maximum atomic E-state index is 15.2. The molecule has 0 radical (unpaired) electrons. The molecule has 3 atom stereocenters. The van der Waals surface area contributed by atoms with Gasteiger partial charge in [0.15, 0.2) is 0 Å². The van der Waals surface area contributed by atoms with Crippen LogP contribution in [0.25, 0.3) is 0 Å². The van der Waals surface area contributed by atoms with Crippen molar-refractivity contribution in [2.45, 2.75) is 51.6 Å². The number of nitrogens with one attached hydrogen (secondary N) is 1. The SMILES string of the molecule is CC(C)(C)[Si](OCC[C@@H]1C[C@@]1(C)[C@@H](NP(=O)(c1ccccc1)c1ccccc1)c1ccccc1)(c1ccccc1)c1ccccc1. The van der Waals surface area contributed by atoms with Crippen molar-refractivity contribution < 1.29 is 8.99 Å². The quantitative estimate of drug-likeness (QED) is 0.110. The van der Waals surface area contributed by atoms with E-state index in [9.17, 15) is 0 Å². The van der Waals surface area contributed by atoms with Crippen LogP contribution in [-0.2, 0) is 8.99 Å². The molecular formula is C41H46NO2PSi. The molecule has 0 aromatic heterocycles. The summed E-state index contributed by atoms with van der Waals surface area (Å²) < 4.78 is 22.5. The molecule has 3 nitrogen and oxygen atoms in total. The first kappa shape index (κ1) is 32.4. The van der Waals surface area contributed by atoms with E-state index in [1.807, 2.05) is 60.7 Å². The summed E-state index contributed by atoms with van der Waals surface area (Å²) in [5.41, 5.74) is 1.10. The van der Waals surface area contributed by atoms with Crippen LogP contribution in [-0.4, -0.2) is 14.9 Å². The van der Waals surface area contributed by atoms with Crippen molar-refractivity contribution in [1.82, 2.24) is 5.09 Å². The number of rotatable bonds is 12. The molecule has 1 N–H and O–H groups in total. The van der Waals surface area contributed by atoms with Gasteiger partial charge in [-0.15, -0.1) is 0 Å². The van der Waals surface area contributed by atoms with E-state index in [0.717, 1.165) is 23.5 Å². The van der Waals surface area contributed by atoms with Gasteiger partial charge in [0.05, 0.1) is 0 Å². The minimum atomic E-state index is -3.16. The van der Waals surface area contributed by atoms with Gasteiger partial charge < -0.3 is 4.43 Å². The molecule has 0 saturated heterocycles. The number of hydrogen-bond donors (Lipinski definition) is 1. The minimum absolute atomic E-state index is 0.0608. The van der Waals surface area contributed by atoms with Gasteiger partial charge in [-0.1, -0.05) is 155 Å². The number of benzene rings is 5. The van der Waals surface area contributed by atoms with Crippen LogP contribution in [0.2, 0.25) is 5.04 Å². The second kappa shape index (κ2) is 13.3. The molecule has 1 aliphatic rings. The van der Waals surface area contributed by atoms with E-state index in [1.54, 1.807) is 0 Å². The van der Waals surface area contributed by atoms with Gasteiger partial charge in [0.25, 0.3) is 8.32 Å². The lowest BCUT2D eigenvalue weighted by Crippen LogP contribution is -2.66. The monoisotopic (exact) mass is 643 g/mol. The van der Waals surface area contributed by atoms with Gasteiger partial charge in [0.2, 0.25) is 7.29 Å². The summed E-state index contributed by atoms with van der Waals surface area (Å²) in [4.78, 5) is 0. The fourth-order valence-electron chi connectivity index (χ4n) is 7.38. The highest BCUT2D eigenvalue weighted by Crippen LogP contribution is 2.63. The first-order chi connectivity index (χ1) is 22.2. The molecule has 0 unspecified atom stereocenters. The van der Waals surface area contributed by atoms with Gasteiger partial charge in [-0.25, -0.2) is 0 Å². The average Bonchev–Trinajstić information content (AvgIpc) is 3.76. The zero-order valence-electron chi connectivity index (χ0n) is 27.5. The third-order valence-electron chi connectivity index (χ3n) is 10.0. The molecule has 46 heavy (non-hydrogen) atoms. The molecule has 5 aromatic rings. The van der Waals surface area contributed by atoms with Gasteiger partial charge >= 0.3 is 0 Å². The van der Waals surface area contributed by atoms with Crippen molar-refractivity contribution in [1.29, 1.82) is 0 Å². The maximum absolute atomic E-state index is 15.2. The van der Waals surface area contributed by atoms with Gasteiger partial charge in [-0.2, -0.15) is 0 Å².